The summed E-state index contributed by atoms with van der Waals surface area (Å²) in [5.41, 5.74) is 5.60. The van der Waals surface area contributed by atoms with Crippen LogP contribution in [0.4, 0.5) is 10.1 Å². The molecule has 0 radical (unpaired) electrons. The van der Waals surface area contributed by atoms with Crippen molar-refractivity contribution in [3.05, 3.63) is 71.8 Å². The first kappa shape index (κ1) is 22.7. The van der Waals surface area contributed by atoms with Crippen LogP contribution >= 0.6 is 0 Å². The van der Waals surface area contributed by atoms with Crippen LogP contribution in [0.3, 0.4) is 0 Å². The van der Waals surface area contributed by atoms with Gasteiger partial charge in [-0.15, -0.1) is 5.12 Å². The Morgan fingerprint density at radius 3 is 2.68 bits per heavy atom. The molecular formula is C26H30FN3O4. The normalized spacial score (nSPS) is 28.5. The van der Waals surface area contributed by atoms with Crippen molar-refractivity contribution in [2.45, 2.75) is 36.7 Å². The van der Waals surface area contributed by atoms with Crippen LogP contribution in [0.5, 0.6) is 5.75 Å². The lowest BCUT2D eigenvalue weighted by Gasteiger charge is -2.33. The molecule has 3 aliphatic rings. The van der Waals surface area contributed by atoms with Crippen molar-refractivity contribution < 1.29 is 23.4 Å². The Morgan fingerprint density at radius 1 is 1.21 bits per heavy atom. The van der Waals surface area contributed by atoms with E-state index in [0.29, 0.717) is 13.0 Å². The number of nitrogens with zero attached hydrogens (tertiary/aromatic N) is 2. The fourth-order valence-corrected chi connectivity index (χ4v) is 5.91. The number of esters is 1. The summed E-state index contributed by atoms with van der Waals surface area (Å²) in [6.45, 7) is 0.523. The van der Waals surface area contributed by atoms with Gasteiger partial charge < -0.3 is 19.6 Å². The van der Waals surface area contributed by atoms with Gasteiger partial charge in [-0.25, -0.2) is 4.39 Å². The molecule has 2 heterocycles. The molecule has 2 aliphatic heterocycles. The predicted molar refractivity (Wildman–Crippen MR) is 125 cm³/mol. The lowest BCUT2D eigenvalue weighted by Crippen LogP contribution is -2.37. The van der Waals surface area contributed by atoms with Gasteiger partial charge in [0.1, 0.15) is 11.6 Å². The van der Waals surface area contributed by atoms with Gasteiger partial charge in [0, 0.05) is 36.8 Å². The third kappa shape index (κ3) is 3.80. The molecule has 0 bridgehead atoms. The first-order valence-corrected chi connectivity index (χ1v) is 11.6. The topological polar surface area (TPSA) is 63.3 Å². The van der Waals surface area contributed by atoms with Crippen LogP contribution in [-0.4, -0.2) is 44.6 Å². The number of hydrogen-bond acceptors (Lipinski definition) is 7. The van der Waals surface area contributed by atoms with Crippen molar-refractivity contribution in [1.29, 1.82) is 0 Å². The maximum Gasteiger partial charge on any atom is 0.309 e. The van der Waals surface area contributed by atoms with Gasteiger partial charge >= 0.3 is 5.97 Å². The van der Waals surface area contributed by atoms with E-state index < -0.39 is 5.60 Å². The van der Waals surface area contributed by atoms with Crippen LogP contribution in [-0.2, 0) is 14.3 Å². The second-order valence-electron chi connectivity index (χ2n) is 9.21. The summed E-state index contributed by atoms with van der Waals surface area (Å²) in [6, 6.07) is 12.6. The van der Waals surface area contributed by atoms with Crippen LogP contribution in [0, 0.1) is 11.7 Å². The standard InChI is InChI=1S/C26H30FN3O4/c1-29-28-12-13-30(29)20-8-9-23(32-2)22(14-20)18-15-26(34-16-18)11-10-21(25(31)33-3)24(26)17-4-6-19(27)7-5-17/h4-9,12-14,18,21,24,28H,10-11,15-16H2,1-3H3/t18?,21-,24+,26+/m0/s1. The SMILES string of the molecule is COC(=O)[C@H]1CC[C@@]2(CC(c3cc(N4C=CNN4C)ccc3OC)CO2)[C@@H]1c1ccc(F)cc1. The zero-order valence-electron chi connectivity index (χ0n) is 19.7. The van der Waals surface area contributed by atoms with Crippen molar-refractivity contribution in [3.63, 3.8) is 0 Å². The maximum absolute atomic E-state index is 13.7. The van der Waals surface area contributed by atoms with Gasteiger partial charge in [0.2, 0.25) is 0 Å². The first-order chi connectivity index (χ1) is 16.5. The van der Waals surface area contributed by atoms with Crippen LogP contribution in [0.1, 0.15) is 42.2 Å². The van der Waals surface area contributed by atoms with E-state index >= 15 is 0 Å². The molecule has 2 aromatic rings. The fraction of sp³-hybridized carbons (Fsp3) is 0.423. The third-order valence-electron chi connectivity index (χ3n) is 7.46. The molecule has 1 spiro atoms. The van der Waals surface area contributed by atoms with E-state index in [1.165, 1.54) is 19.2 Å². The molecule has 34 heavy (non-hydrogen) atoms. The molecule has 1 saturated carbocycles. The molecule has 1 N–H and O–H groups in total. The van der Waals surface area contributed by atoms with Gasteiger partial charge in [0.05, 0.1) is 38.0 Å². The molecule has 4 atom stereocenters. The van der Waals surface area contributed by atoms with E-state index in [1.807, 2.05) is 41.7 Å². The summed E-state index contributed by atoms with van der Waals surface area (Å²) < 4.78 is 31.1. The Bertz CT molecular complexity index is 1090. The zero-order chi connectivity index (χ0) is 23.9. The highest BCUT2D eigenvalue weighted by Crippen LogP contribution is 2.57. The van der Waals surface area contributed by atoms with E-state index in [9.17, 15) is 9.18 Å². The highest BCUT2D eigenvalue weighted by atomic mass is 19.1. The van der Waals surface area contributed by atoms with Crippen molar-refractivity contribution in [2.75, 3.05) is 32.9 Å². The number of anilines is 1. The average molecular weight is 468 g/mol. The number of halogens is 1. The van der Waals surface area contributed by atoms with Crippen LogP contribution in [0.25, 0.3) is 0 Å². The Labute approximate surface area is 199 Å². The molecule has 1 saturated heterocycles. The highest BCUT2D eigenvalue weighted by molar-refractivity contribution is 5.74. The monoisotopic (exact) mass is 467 g/mol. The number of rotatable bonds is 5. The van der Waals surface area contributed by atoms with Crippen molar-refractivity contribution in [2.24, 2.45) is 5.92 Å². The van der Waals surface area contributed by atoms with E-state index in [1.54, 1.807) is 19.2 Å². The molecule has 2 fully saturated rings. The Kier molecular flexibility index (Phi) is 5.95. The van der Waals surface area contributed by atoms with Gasteiger partial charge in [-0.1, -0.05) is 12.1 Å². The second-order valence-corrected chi connectivity index (χ2v) is 9.21. The third-order valence-corrected chi connectivity index (χ3v) is 7.46. The Hall–Kier alpha value is -3.10. The largest absolute Gasteiger partial charge is 0.496 e. The summed E-state index contributed by atoms with van der Waals surface area (Å²) >= 11 is 0. The summed E-state index contributed by atoms with van der Waals surface area (Å²) in [6.07, 6.45) is 5.99. The van der Waals surface area contributed by atoms with Gasteiger partial charge in [-0.05, 0) is 55.2 Å². The van der Waals surface area contributed by atoms with Crippen molar-refractivity contribution in [1.82, 2.24) is 10.5 Å². The van der Waals surface area contributed by atoms with E-state index in [4.69, 9.17) is 14.2 Å². The number of ether oxygens (including phenoxy) is 3. The smallest absolute Gasteiger partial charge is 0.309 e. The minimum absolute atomic E-state index is 0.0964. The minimum atomic E-state index is -0.520. The number of benzene rings is 2. The highest BCUT2D eigenvalue weighted by Gasteiger charge is 2.56. The molecule has 0 amide bonds. The molecular weight excluding hydrogens is 437 g/mol. The number of hydrazine groups is 2. The molecule has 0 aromatic heterocycles. The maximum atomic E-state index is 13.7. The lowest BCUT2D eigenvalue weighted by atomic mass is 9.76. The first-order valence-electron chi connectivity index (χ1n) is 11.6. The number of methoxy groups -OCH3 is 2. The Balaban J connectivity index is 1.48. The van der Waals surface area contributed by atoms with Crippen molar-refractivity contribution in [3.8, 4) is 5.75 Å². The molecule has 8 heteroatoms. The van der Waals surface area contributed by atoms with Gasteiger partial charge in [-0.2, -0.15) is 0 Å². The van der Waals surface area contributed by atoms with E-state index in [2.05, 4.69) is 11.5 Å². The van der Waals surface area contributed by atoms with Crippen LogP contribution in [0.15, 0.2) is 54.9 Å². The summed E-state index contributed by atoms with van der Waals surface area (Å²) in [5.74, 6) is -0.150. The molecule has 1 aliphatic carbocycles. The van der Waals surface area contributed by atoms with Gasteiger partial charge in [0.15, 0.2) is 0 Å². The number of hydrogen-bond donors (Lipinski definition) is 1. The predicted octanol–water partition coefficient (Wildman–Crippen LogP) is 4.09. The van der Waals surface area contributed by atoms with Crippen molar-refractivity contribution >= 4 is 11.7 Å². The van der Waals surface area contributed by atoms with Gasteiger partial charge in [-0.3, -0.25) is 9.80 Å². The molecule has 180 valence electrons. The van der Waals surface area contributed by atoms with Crippen LogP contribution < -0.4 is 15.2 Å². The number of nitrogens with one attached hydrogen (secondary N) is 1. The average Bonchev–Trinajstić information content (AvgIpc) is 3.58. The molecule has 1 unspecified atom stereocenters. The molecule has 7 nitrogen and oxygen atoms in total. The van der Waals surface area contributed by atoms with Gasteiger partial charge in [0.25, 0.3) is 0 Å². The molecule has 5 rings (SSSR count). The second kappa shape index (κ2) is 8.92. The van der Waals surface area contributed by atoms with E-state index in [-0.39, 0.29) is 29.5 Å². The lowest BCUT2D eigenvalue weighted by molar-refractivity contribution is -0.146. The number of carbonyl (C=O) groups excluding carboxylic acids is 1. The summed E-state index contributed by atoms with van der Waals surface area (Å²) in [4.78, 5) is 12.7. The molecule has 2 aromatic carbocycles. The van der Waals surface area contributed by atoms with Crippen LogP contribution in [0.2, 0.25) is 0 Å². The summed E-state index contributed by atoms with van der Waals surface area (Å²) in [7, 11) is 5.04. The quantitative estimate of drug-likeness (QED) is 0.665. The summed E-state index contributed by atoms with van der Waals surface area (Å²) in [5, 5.41) is 3.90. The fourth-order valence-electron chi connectivity index (χ4n) is 5.91. The number of carbonyl (C=O) groups is 1. The Morgan fingerprint density at radius 2 is 2.00 bits per heavy atom. The zero-order valence-corrected chi connectivity index (χ0v) is 19.7. The minimum Gasteiger partial charge on any atom is -0.496 e. The van der Waals surface area contributed by atoms with E-state index in [0.717, 1.165) is 35.4 Å².